The third-order valence-corrected chi connectivity index (χ3v) is 6.89. The first-order chi connectivity index (χ1) is 12.2. The van der Waals surface area contributed by atoms with Gasteiger partial charge in [0.2, 0.25) is 0 Å². The molecule has 0 bridgehead atoms. The van der Waals surface area contributed by atoms with E-state index >= 15 is 0 Å². The molecule has 1 aliphatic heterocycles. The highest BCUT2D eigenvalue weighted by molar-refractivity contribution is 7.18. The van der Waals surface area contributed by atoms with E-state index in [2.05, 4.69) is 28.6 Å². The summed E-state index contributed by atoms with van der Waals surface area (Å²) in [6.45, 7) is 2.25. The minimum Gasteiger partial charge on any atom is -0.334 e. The van der Waals surface area contributed by atoms with Gasteiger partial charge in [-0.1, -0.05) is 18.2 Å². The second-order valence-corrected chi connectivity index (χ2v) is 8.71. The van der Waals surface area contributed by atoms with E-state index in [1.165, 1.54) is 27.3 Å². The van der Waals surface area contributed by atoms with Crippen LogP contribution < -0.4 is 4.90 Å². The fourth-order valence-electron chi connectivity index (χ4n) is 3.56. The Hall–Kier alpha value is -1.76. The molecule has 4 nitrogen and oxygen atoms in total. The Kier molecular flexibility index (Phi) is 4.83. The Morgan fingerprint density at radius 3 is 3.00 bits per heavy atom. The van der Waals surface area contributed by atoms with E-state index in [0.29, 0.717) is 19.1 Å². The van der Waals surface area contributed by atoms with Crippen molar-refractivity contribution in [2.75, 3.05) is 20.1 Å². The molecule has 2 atom stereocenters. The molecule has 0 radical (unpaired) electrons. The van der Waals surface area contributed by atoms with Gasteiger partial charge in [-0.25, -0.2) is 4.98 Å². The van der Waals surface area contributed by atoms with Crippen LogP contribution in [0.5, 0.6) is 0 Å². The van der Waals surface area contributed by atoms with Crippen LogP contribution in [0.1, 0.15) is 28.8 Å². The summed E-state index contributed by atoms with van der Waals surface area (Å²) in [5.74, 6) is 0.206. The lowest BCUT2D eigenvalue weighted by Crippen LogP contribution is -3.11. The highest BCUT2D eigenvalue weighted by Crippen LogP contribution is 2.24. The van der Waals surface area contributed by atoms with Crippen molar-refractivity contribution in [1.29, 1.82) is 0 Å². The number of thiazole rings is 1. The van der Waals surface area contributed by atoms with Gasteiger partial charge in [0.25, 0.3) is 5.91 Å². The summed E-state index contributed by atoms with van der Waals surface area (Å²) in [6, 6.07) is 12.9. The van der Waals surface area contributed by atoms with Crippen molar-refractivity contribution in [1.82, 2.24) is 9.88 Å². The largest absolute Gasteiger partial charge is 0.334 e. The van der Waals surface area contributed by atoms with Crippen LogP contribution in [0.3, 0.4) is 0 Å². The Bertz CT molecular complexity index is 826. The molecule has 1 amide bonds. The first kappa shape index (κ1) is 16.7. The van der Waals surface area contributed by atoms with Gasteiger partial charge < -0.3 is 9.80 Å². The number of hydrogen-bond acceptors (Lipinski definition) is 4. The number of para-hydroxylation sites is 1. The number of quaternary nitrogens is 1. The van der Waals surface area contributed by atoms with Crippen molar-refractivity contribution in [3.63, 3.8) is 0 Å². The zero-order valence-corrected chi connectivity index (χ0v) is 15.9. The molecular weight excluding hydrogens is 350 g/mol. The molecule has 130 valence electrons. The highest BCUT2D eigenvalue weighted by atomic mass is 32.1. The summed E-state index contributed by atoms with van der Waals surface area (Å²) in [5, 5.41) is 3.13. The molecule has 1 aliphatic rings. The number of carbonyl (C=O) groups excluding carboxylic acids is 1. The SMILES string of the molecule is CN(Cc1nc2ccccc2s1)C(=O)C[NH+]1CCC[C@@H]1c1cccs1. The summed E-state index contributed by atoms with van der Waals surface area (Å²) in [5.41, 5.74) is 1.02. The van der Waals surface area contributed by atoms with Gasteiger partial charge in [0.05, 0.1) is 28.2 Å². The van der Waals surface area contributed by atoms with Crippen molar-refractivity contribution in [2.45, 2.75) is 25.4 Å². The van der Waals surface area contributed by atoms with Crippen LogP contribution >= 0.6 is 22.7 Å². The Labute approximate surface area is 155 Å². The molecule has 0 spiro atoms. The monoisotopic (exact) mass is 372 g/mol. The molecule has 1 fully saturated rings. The third-order valence-electron chi connectivity index (χ3n) is 4.88. The number of likely N-dealkylation sites (tertiary alicyclic amines) is 1. The van der Waals surface area contributed by atoms with Crippen LogP contribution in [0.25, 0.3) is 10.2 Å². The van der Waals surface area contributed by atoms with Crippen LogP contribution in [0.4, 0.5) is 0 Å². The molecule has 25 heavy (non-hydrogen) atoms. The second-order valence-electron chi connectivity index (χ2n) is 6.62. The fourth-order valence-corrected chi connectivity index (χ4v) is 5.51. The number of likely N-dealkylation sites (N-methyl/N-ethyl adjacent to an activating group) is 1. The molecule has 6 heteroatoms. The van der Waals surface area contributed by atoms with Gasteiger partial charge in [-0.2, -0.15) is 0 Å². The maximum atomic E-state index is 12.7. The molecule has 4 rings (SSSR count). The number of thiophene rings is 1. The van der Waals surface area contributed by atoms with E-state index in [9.17, 15) is 4.79 Å². The average Bonchev–Trinajstić information content (AvgIpc) is 3.34. The van der Waals surface area contributed by atoms with Gasteiger partial charge in [0.1, 0.15) is 11.0 Å². The van der Waals surface area contributed by atoms with Crippen LogP contribution in [0, 0.1) is 0 Å². The van der Waals surface area contributed by atoms with E-state index in [0.717, 1.165) is 17.1 Å². The van der Waals surface area contributed by atoms with Crippen molar-refractivity contribution >= 4 is 38.8 Å². The van der Waals surface area contributed by atoms with Crippen LogP contribution in [-0.4, -0.2) is 35.9 Å². The first-order valence-electron chi connectivity index (χ1n) is 8.67. The molecule has 0 saturated carbocycles. The van der Waals surface area contributed by atoms with Crippen molar-refractivity contribution in [3.05, 3.63) is 51.7 Å². The molecule has 1 N–H and O–H groups in total. The summed E-state index contributed by atoms with van der Waals surface area (Å²) >= 11 is 3.48. The quantitative estimate of drug-likeness (QED) is 0.748. The van der Waals surface area contributed by atoms with Gasteiger partial charge in [-0.05, 0) is 23.6 Å². The minimum absolute atomic E-state index is 0.206. The van der Waals surface area contributed by atoms with Crippen molar-refractivity contribution in [3.8, 4) is 0 Å². The Morgan fingerprint density at radius 2 is 2.20 bits per heavy atom. The Balaban J connectivity index is 1.40. The topological polar surface area (TPSA) is 37.6 Å². The standard InChI is InChI=1S/C19H21N3OS2/c1-21(12-18-20-14-6-2-3-8-16(14)25-18)19(23)13-22-10-4-7-15(22)17-9-5-11-24-17/h2-3,5-6,8-9,11,15H,4,7,10,12-13H2,1H3/p+1/t15-/m1/s1. The lowest BCUT2D eigenvalue weighted by molar-refractivity contribution is -0.910. The van der Waals surface area contributed by atoms with Crippen molar-refractivity contribution < 1.29 is 9.69 Å². The number of nitrogens with one attached hydrogen (secondary N) is 1. The van der Waals surface area contributed by atoms with Gasteiger partial charge in [-0.15, -0.1) is 22.7 Å². The van der Waals surface area contributed by atoms with Crippen molar-refractivity contribution in [2.24, 2.45) is 0 Å². The zero-order valence-electron chi connectivity index (χ0n) is 14.3. The number of aromatic nitrogens is 1. The number of carbonyl (C=O) groups is 1. The second kappa shape index (κ2) is 7.23. The number of hydrogen-bond donors (Lipinski definition) is 1. The molecule has 3 aromatic rings. The van der Waals surface area contributed by atoms with E-state index in [1.807, 2.05) is 41.5 Å². The fraction of sp³-hybridized carbons (Fsp3) is 0.368. The predicted molar refractivity (Wildman–Crippen MR) is 103 cm³/mol. The number of nitrogens with zero attached hydrogens (tertiary/aromatic N) is 2. The first-order valence-corrected chi connectivity index (χ1v) is 10.4. The number of fused-ring (bicyclic) bond motifs is 1. The zero-order chi connectivity index (χ0) is 17.2. The number of rotatable bonds is 5. The molecule has 1 aromatic carbocycles. The third kappa shape index (κ3) is 3.61. The highest BCUT2D eigenvalue weighted by Gasteiger charge is 2.33. The maximum Gasteiger partial charge on any atom is 0.277 e. The predicted octanol–water partition coefficient (Wildman–Crippen LogP) is 2.74. The van der Waals surface area contributed by atoms with E-state index in [1.54, 1.807) is 11.3 Å². The maximum absolute atomic E-state index is 12.7. The normalized spacial score (nSPS) is 20.2. The lowest BCUT2D eigenvalue weighted by atomic mass is 10.2. The lowest BCUT2D eigenvalue weighted by Gasteiger charge is -2.23. The van der Waals surface area contributed by atoms with E-state index < -0.39 is 0 Å². The number of amides is 1. The smallest absolute Gasteiger partial charge is 0.277 e. The summed E-state index contributed by atoms with van der Waals surface area (Å²) < 4.78 is 1.18. The van der Waals surface area contributed by atoms with Gasteiger partial charge >= 0.3 is 0 Å². The summed E-state index contributed by atoms with van der Waals surface area (Å²) in [7, 11) is 1.89. The van der Waals surface area contributed by atoms with E-state index in [4.69, 9.17) is 0 Å². The molecular formula is C19H22N3OS2+. The summed E-state index contributed by atoms with van der Waals surface area (Å²) in [6.07, 6.45) is 2.39. The average molecular weight is 373 g/mol. The molecule has 3 heterocycles. The van der Waals surface area contributed by atoms with Gasteiger partial charge in [0.15, 0.2) is 6.54 Å². The van der Waals surface area contributed by atoms with Crippen LogP contribution in [0.2, 0.25) is 0 Å². The summed E-state index contributed by atoms with van der Waals surface area (Å²) in [4.78, 5) is 22.0. The molecule has 1 saturated heterocycles. The van der Waals surface area contributed by atoms with Gasteiger partial charge in [0, 0.05) is 19.9 Å². The van der Waals surface area contributed by atoms with Crippen LogP contribution in [-0.2, 0) is 11.3 Å². The van der Waals surface area contributed by atoms with Crippen LogP contribution in [0.15, 0.2) is 41.8 Å². The molecule has 1 unspecified atom stereocenters. The van der Waals surface area contributed by atoms with Gasteiger partial charge in [-0.3, -0.25) is 4.79 Å². The number of benzene rings is 1. The molecule has 2 aromatic heterocycles. The molecule has 0 aliphatic carbocycles. The minimum atomic E-state index is 0.206. The van der Waals surface area contributed by atoms with E-state index in [-0.39, 0.29) is 5.91 Å². The Morgan fingerprint density at radius 1 is 1.32 bits per heavy atom.